The van der Waals surface area contributed by atoms with Crippen molar-refractivity contribution in [3.8, 4) is 0 Å². The number of nitrogens with zero attached hydrogens (tertiary/aromatic N) is 1. The fraction of sp³-hybridized carbons (Fsp3) is 0.333. The van der Waals surface area contributed by atoms with E-state index in [1.54, 1.807) is 24.3 Å². The molecule has 0 fully saturated rings. The maximum Gasteiger partial charge on any atom is 0.238 e. The van der Waals surface area contributed by atoms with Crippen molar-refractivity contribution in [2.24, 2.45) is 0 Å². The van der Waals surface area contributed by atoms with Gasteiger partial charge < -0.3 is 5.32 Å². The maximum atomic E-state index is 12.4. The molecular weight excluding hydrogens is 312 g/mol. The lowest BCUT2D eigenvalue weighted by Crippen LogP contribution is -2.34. The van der Waals surface area contributed by atoms with Crippen LogP contribution in [-0.4, -0.2) is 30.2 Å². The normalized spacial score (nSPS) is 16.4. The Kier molecular flexibility index (Phi) is 5.29. The number of benzene rings is 2. The van der Waals surface area contributed by atoms with Gasteiger partial charge >= 0.3 is 0 Å². The number of fused-ring (bicyclic) bond motifs is 1. The number of carbonyl (C=O) groups is 2. The first-order valence-electron chi connectivity index (χ1n) is 8.73. The third kappa shape index (κ3) is 4.15. The predicted octanol–water partition coefficient (Wildman–Crippen LogP) is 3.84. The fourth-order valence-electron chi connectivity index (χ4n) is 3.51. The first-order chi connectivity index (χ1) is 12.0. The highest BCUT2D eigenvalue weighted by Gasteiger charge is 2.24. The molecule has 0 spiro atoms. The highest BCUT2D eigenvalue weighted by molar-refractivity contribution is 5.96. The zero-order chi connectivity index (χ0) is 17.8. The average Bonchev–Trinajstić information content (AvgIpc) is 2.61. The van der Waals surface area contributed by atoms with Crippen molar-refractivity contribution in [1.29, 1.82) is 0 Å². The Labute approximate surface area is 148 Å². The summed E-state index contributed by atoms with van der Waals surface area (Å²) in [6, 6.07) is 15.8. The highest BCUT2D eigenvalue weighted by atomic mass is 16.2. The van der Waals surface area contributed by atoms with E-state index in [1.807, 2.05) is 7.05 Å². The summed E-state index contributed by atoms with van der Waals surface area (Å²) in [6.45, 7) is 1.87. The minimum atomic E-state index is -0.0406. The van der Waals surface area contributed by atoms with Crippen LogP contribution in [0.3, 0.4) is 0 Å². The molecule has 2 aromatic rings. The third-order valence-electron chi connectivity index (χ3n) is 4.84. The lowest BCUT2D eigenvalue weighted by molar-refractivity contribution is -0.117. The van der Waals surface area contributed by atoms with Gasteiger partial charge in [0, 0.05) is 17.3 Å². The molecule has 4 nitrogen and oxygen atoms in total. The number of Topliss-reactive ketones (excluding diaryl/α,β-unsaturated/α-hetero) is 1. The van der Waals surface area contributed by atoms with E-state index in [1.165, 1.54) is 18.1 Å². The number of rotatable bonds is 5. The van der Waals surface area contributed by atoms with Crippen molar-refractivity contribution in [1.82, 2.24) is 4.90 Å². The van der Waals surface area contributed by atoms with Crippen molar-refractivity contribution in [3.05, 3.63) is 65.2 Å². The van der Waals surface area contributed by atoms with Gasteiger partial charge in [-0.2, -0.15) is 0 Å². The van der Waals surface area contributed by atoms with Crippen LogP contribution in [0.15, 0.2) is 48.5 Å². The van der Waals surface area contributed by atoms with Crippen LogP contribution in [-0.2, 0) is 11.2 Å². The van der Waals surface area contributed by atoms with Crippen LogP contribution in [0, 0.1) is 0 Å². The van der Waals surface area contributed by atoms with E-state index in [2.05, 4.69) is 34.5 Å². The smallest absolute Gasteiger partial charge is 0.238 e. The number of nitrogens with one attached hydrogen (secondary N) is 1. The van der Waals surface area contributed by atoms with Crippen LogP contribution < -0.4 is 5.32 Å². The molecular formula is C21H24N2O2. The lowest BCUT2D eigenvalue weighted by atomic mass is 9.87. The van der Waals surface area contributed by atoms with E-state index in [4.69, 9.17) is 0 Å². The van der Waals surface area contributed by atoms with Crippen molar-refractivity contribution >= 4 is 17.4 Å². The average molecular weight is 336 g/mol. The quantitative estimate of drug-likeness (QED) is 0.844. The van der Waals surface area contributed by atoms with Gasteiger partial charge in [-0.15, -0.1) is 0 Å². The molecule has 4 heteroatoms. The lowest BCUT2D eigenvalue weighted by Gasteiger charge is -2.32. The molecule has 2 aromatic carbocycles. The monoisotopic (exact) mass is 336 g/mol. The molecule has 0 heterocycles. The molecule has 1 atom stereocenters. The number of hydrogen-bond acceptors (Lipinski definition) is 3. The van der Waals surface area contributed by atoms with E-state index in [9.17, 15) is 9.59 Å². The Morgan fingerprint density at radius 2 is 1.84 bits per heavy atom. The van der Waals surface area contributed by atoms with E-state index in [0.717, 1.165) is 19.3 Å². The number of amides is 1. The first kappa shape index (κ1) is 17.4. The highest BCUT2D eigenvalue weighted by Crippen LogP contribution is 2.33. The molecule has 0 aromatic heterocycles. The Morgan fingerprint density at radius 3 is 2.56 bits per heavy atom. The van der Waals surface area contributed by atoms with E-state index >= 15 is 0 Å². The number of likely N-dealkylation sites (N-methyl/N-ethyl adjacent to an activating group) is 1. The standard InChI is InChI=1S/C21H24N2O2/c1-15(24)16-10-12-18(13-11-16)22-21(25)14-23(2)20-9-5-7-17-6-3-4-8-19(17)20/h3-4,6,8,10-13,20H,5,7,9,14H2,1-2H3,(H,22,25). The SMILES string of the molecule is CC(=O)c1ccc(NC(=O)CN(C)C2CCCc3ccccc32)cc1. The topological polar surface area (TPSA) is 49.4 Å². The van der Waals surface area contributed by atoms with Gasteiger partial charge in [-0.3, -0.25) is 14.5 Å². The summed E-state index contributed by atoms with van der Waals surface area (Å²) in [4.78, 5) is 25.8. The Hall–Kier alpha value is -2.46. The molecule has 1 aliphatic carbocycles. The second-order valence-electron chi connectivity index (χ2n) is 6.70. The minimum Gasteiger partial charge on any atom is -0.325 e. The third-order valence-corrected chi connectivity index (χ3v) is 4.84. The van der Waals surface area contributed by atoms with Gasteiger partial charge in [0.05, 0.1) is 6.54 Å². The summed E-state index contributed by atoms with van der Waals surface area (Å²) >= 11 is 0. The Balaban J connectivity index is 1.62. The molecule has 0 saturated heterocycles. The first-order valence-corrected chi connectivity index (χ1v) is 8.73. The van der Waals surface area contributed by atoms with E-state index < -0.39 is 0 Å². The summed E-state index contributed by atoms with van der Waals surface area (Å²) < 4.78 is 0. The minimum absolute atomic E-state index is 0.0218. The number of aryl methyl sites for hydroxylation is 1. The van der Waals surface area contributed by atoms with Crippen molar-refractivity contribution in [3.63, 3.8) is 0 Å². The number of hydrogen-bond donors (Lipinski definition) is 1. The number of carbonyl (C=O) groups excluding carboxylic acids is 2. The van der Waals surface area contributed by atoms with Gasteiger partial charge in [-0.25, -0.2) is 0 Å². The summed E-state index contributed by atoms with van der Waals surface area (Å²) in [6.07, 6.45) is 3.35. The second-order valence-corrected chi connectivity index (χ2v) is 6.70. The molecule has 1 amide bonds. The molecule has 1 aliphatic rings. The molecule has 3 rings (SSSR count). The van der Waals surface area contributed by atoms with Crippen LogP contribution in [0.4, 0.5) is 5.69 Å². The summed E-state index contributed by atoms with van der Waals surface area (Å²) in [7, 11) is 2.01. The Morgan fingerprint density at radius 1 is 1.12 bits per heavy atom. The maximum absolute atomic E-state index is 12.4. The summed E-state index contributed by atoms with van der Waals surface area (Å²) in [5.74, 6) is -0.0188. The molecule has 0 radical (unpaired) electrons. The van der Waals surface area contributed by atoms with Gasteiger partial charge in [0.25, 0.3) is 0 Å². The molecule has 1 N–H and O–H groups in total. The molecule has 25 heavy (non-hydrogen) atoms. The molecule has 0 aliphatic heterocycles. The second kappa shape index (κ2) is 7.62. The van der Waals surface area contributed by atoms with Crippen molar-refractivity contribution < 1.29 is 9.59 Å². The Bertz CT molecular complexity index is 768. The largest absolute Gasteiger partial charge is 0.325 e. The van der Waals surface area contributed by atoms with Crippen LogP contribution in [0.1, 0.15) is 47.3 Å². The van der Waals surface area contributed by atoms with Gasteiger partial charge in [0.1, 0.15) is 0 Å². The van der Waals surface area contributed by atoms with Crippen LogP contribution in [0.5, 0.6) is 0 Å². The summed E-state index contributed by atoms with van der Waals surface area (Å²) in [5, 5.41) is 2.91. The molecule has 1 unspecified atom stereocenters. The van der Waals surface area contributed by atoms with Crippen LogP contribution >= 0.6 is 0 Å². The summed E-state index contributed by atoms with van der Waals surface area (Å²) in [5.41, 5.74) is 4.10. The van der Waals surface area contributed by atoms with Gasteiger partial charge in [0.15, 0.2) is 5.78 Å². The number of ketones is 1. The molecule has 0 bridgehead atoms. The zero-order valence-corrected chi connectivity index (χ0v) is 14.8. The van der Waals surface area contributed by atoms with E-state index in [0.29, 0.717) is 17.8 Å². The fourth-order valence-corrected chi connectivity index (χ4v) is 3.51. The predicted molar refractivity (Wildman–Crippen MR) is 99.8 cm³/mol. The van der Waals surface area contributed by atoms with Crippen LogP contribution in [0.25, 0.3) is 0 Å². The van der Waals surface area contributed by atoms with Gasteiger partial charge in [-0.1, -0.05) is 24.3 Å². The molecule has 0 saturated carbocycles. The zero-order valence-electron chi connectivity index (χ0n) is 14.8. The molecule has 130 valence electrons. The van der Waals surface area contributed by atoms with E-state index in [-0.39, 0.29) is 17.7 Å². The number of anilines is 1. The van der Waals surface area contributed by atoms with Crippen molar-refractivity contribution in [2.75, 3.05) is 18.9 Å². The van der Waals surface area contributed by atoms with Crippen LogP contribution in [0.2, 0.25) is 0 Å². The van der Waals surface area contributed by atoms with Crippen molar-refractivity contribution in [2.45, 2.75) is 32.2 Å². The van der Waals surface area contributed by atoms with Gasteiger partial charge in [0.2, 0.25) is 5.91 Å². The van der Waals surface area contributed by atoms with Gasteiger partial charge in [-0.05, 0) is 68.6 Å².